The molecule has 2 unspecified atom stereocenters. The van der Waals surface area contributed by atoms with E-state index in [1.807, 2.05) is 13.8 Å². The van der Waals surface area contributed by atoms with Crippen LogP contribution in [0.4, 0.5) is 4.39 Å². The maximum Gasteiger partial charge on any atom is 0.239 e. The molecular weight excluding hydrogens is 207 g/mol. The summed E-state index contributed by atoms with van der Waals surface area (Å²) < 4.78 is 12.7. The van der Waals surface area contributed by atoms with Crippen molar-refractivity contribution in [2.75, 3.05) is 0 Å². The van der Waals surface area contributed by atoms with Gasteiger partial charge in [0.2, 0.25) is 5.91 Å². The maximum absolute atomic E-state index is 12.7. The largest absolute Gasteiger partial charge is 0.368 e. The lowest BCUT2D eigenvalue weighted by Crippen LogP contribution is -2.38. The number of rotatable bonds is 5. The molecule has 0 fully saturated rings. The number of primary amides is 1. The van der Waals surface area contributed by atoms with Crippen LogP contribution in [-0.4, -0.2) is 11.9 Å². The number of halogens is 1. The summed E-state index contributed by atoms with van der Waals surface area (Å²) in [7, 11) is 0. The Hall–Kier alpha value is -1.42. The Balaban J connectivity index is 2.85. The molecule has 0 spiro atoms. The van der Waals surface area contributed by atoms with Gasteiger partial charge in [-0.05, 0) is 31.0 Å². The smallest absolute Gasteiger partial charge is 0.239 e. The second-order valence-corrected chi connectivity index (χ2v) is 3.86. The average Bonchev–Trinajstić information content (AvgIpc) is 2.26. The third-order valence-corrected chi connectivity index (χ3v) is 2.55. The van der Waals surface area contributed by atoms with Crippen molar-refractivity contribution in [3.63, 3.8) is 0 Å². The highest BCUT2D eigenvalue weighted by molar-refractivity contribution is 5.81. The molecule has 0 aliphatic heterocycles. The van der Waals surface area contributed by atoms with Crippen LogP contribution in [0, 0.1) is 5.82 Å². The summed E-state index contributed by atoms with van der Waals surface area (Å²) in [5, 5.41) is 3.10. The topological polar surface area (TPSA) is 55.1 Å². The minimum atomic E-state index is -0.560. The van der Waals surface area contributed by atoms with E-state index in [1.165, 1.54) is 12.1 Å². The van der Waals surface area contributed by atoms with Crippen molar-refractivity contribution in [1.82, 2.24) is 5.32 Å². The van der Waals surface area contributed by atoms with Gasteiger partial charge in [-0.25, -0.2) is 4.39 Å². The number of amides is 1. The van der Waals surface area contributed by atoms with Crippen molar-refractivity contribution < 1.29 is 9.18 Å². The lowest BCUT2D eigenvalue weighted by atomic mass is 10.0. The van der Waals surface area contributed by atoms with E-state index in [4.69, 9.17) is 5.73 Å². The fourth-order valence-corrected chi connectivity index (χ4v) is 1.40. The van der Waals surface area contributed by atoms with Crippen molar-refractivity contribution in [2.24, 2.45) is 5.73 Å². The van der Waals surface area contributed by atoms with Crippen LogP contribution in [0.1, 0.15) is 31.9 Å². The molecular formula is C12H17FN2O. The quantitative estimate of drug-likeness (QED) is 0.800. The normalized spacial score (nSPS) is 14.4. The van der Waals surface area contributed by atoms with Crippen LogP contribution in [-0.2, 0) is 4.79 Å². The molecule has 0 aliphatic carbocycles. The molecule has 3 N–H and O–H groups in total. The fourth-order valence-electron chi connectivity index (χ4n) is 1.40. The summed E-state index contributed by atoms with van der Waals surface area (Å²) in [6, 6.07) is 5.41. The molecule has 0 aromatic heterocycles. The summed E-state index contributed by atoms with van der Waals surface area (Å²) in [6.45, 7) is 3.99. The SMILES string of the molecule is CCC(C)NC(C(N)=O)c1ccc(F)cc1. The minimum Gasteiger partial charge on any atom is -0.368 e. The van der Waals surface area contributed by atoms with E-state index in [-0.39, 0.29) is 11.9 Å². The van der Waals surface area contributed by atoms with Gasteiger partial charge in [0.15, 0.2) is 0 Å². The summed E-state index contributed by atoms with van der Waals surface area (Å²) in [5.41, 5.74) is 6.00. The monoisotopic (exact) mass is 224 g/mol. The van der Waals surface area contributed by atoms with Crippen molar-refractivity contribution in [2.45, 2.75) is 32.4 Å². The van der Waals surface area contributed by atoms with E-state index in [2.05, 4.69) is 5.32 Å². The molecule has 3 nitrogen and oxygen atoms in total. The Labute approximate surface area is 94.8 Å². The third-order valence-electron chi connectivity index (χ3n) is 2.55. The van der Waals surface area contributed by atoms with E-state index < -0.39 is 11.9 Å². The molecule has 0 bridgehead atoms. The lowest BCUT2D eigenvalue weighted by Gasteiger charge is -2.20. The molecule has 1 amide bonds. The van der Waals surface area contributed by atoms with Crippen molar-refractivity contribution in [1.29, 1.82) is 0 Å². The second-order valence-electron chi connectivity index (χ2n) is 3.86. The Kier molecular flexibility index (Phi) is 4.43. The zero-order valence-electron chi connectivity index (χ0n) is 9.53. The molecule has 0 aliphatic rings. The van der Waals surface area contributed by atoms with E-state index in [1.54, 1.807) is 12.1 Å². The molecule has 0 radical (unpaired) electrons. The first-order valence-electron chi connectivity index (χ1n) is 5.35. The van der Waals surface area contributed by atoms with Gasteiger partial charge in [-0.1, -0.05) is 19.1 Å². The summed E-state index contributed by atoms with van der Waals surface area (Å²) >= 11 is 0. The summed E-state index contributed by atoms with van der Waals surface area (Å²) in [5.74, 6) is -0.776. The third kappa shape index (κ3) is 3.31. The summed E-state index contributed by atoms with van der Waals surface area (Å²) in [6.07, 6.45) is 0.894. The number of nitrogens with two attached hydrogens (primary N) is 1. The van der Waals surface area contributed by atoms with Crippen LogP contribution in [0.5, 0.6) is 0 Å². The molecule has 1 rings (SSSR count). The van der Waals surface area contributed by atoms with Gasteiger partial charge in [-0.3, -0.25) is 10.1 Å². The van der Waals surface area contributed by atoms with Gasteiger partial charge in [0.1, 0.15) is 11.9 Å². The Morgan fingerprint density at radius 2 is 2.00 bits per heavy atom. The van der Waals surface area contributed by atoms with Gasteiger partial charge < -0.3 is 5.73 Å². The van der Waals surface area contributed by atoms with Crippen molar-refractivity contribution >= 4 is 5.91 Å². The number of carbonyl (C=O) groups excluding carboxylic acids is 1. The standard InChI is InChI=1S/C12H17FN2O/c1-3-8(2)15-11(12(14)16)9-4-6-10(13)7-5-9/h4-8,11,15H,3H2,1-2H3,(H2,14,16). The van der Waals surface area contributed by atoms with E-state index in [0.717, 1.165) is 6.42 Å². The Morgan fingerprint density at radius 3 is 2.44 bits per heavy atom. The highest BCUT2D eigenvalue weighted by atomic mass is 19.1. The van der Waals surface area contributed by atoms with Gasteiger partial charge in [0.25, 0.3) is 0 Å². The van der Waals surface area contributed by atoms with Gasteiger partial charge in [-0.15, -0.1) is 0 Å². The highest BCUT2D eigenvalue weighted by Crippen LogP contribution is 2.14. The zero-order chi connectivity index (χ0) is 12.1. The molecule has 2 atom stereocenters. The number of carbonyl (C=O) groups is 1. The second kappa shape index (κ2) is 5.61. The van der Waals surface area contributed by atoms with Crippen LogP contribution in [0.2, 0.25) is 0 Å². The predicted octanol–water partition coefficient (Wildman–Crippen LogP) is 1.74. The van der Waals surface area contributed by atoms with Crippen LogP contribution >= 0.6 is 0 Å². The number of hydrogen-bond acceptors (Lipinski definition) is 2. The van der Waals surface area contributed by atoms with Gasteiger partial charge in [0, 0.05) is 6.04 Å². The highest BCUT2D eigenvalue weighted by Gasteiger charge is 2.18. The number of benzene rings is 1. The van der Waals surface area contributed by atoms with Gasteiger partial charge >= 0.3 is 0 Å². The molecule has 0 saturated heterocycles. The molecule has 0 saturated carbocycles. The van der Waals surface area contributed by atoms with E-state index >= 15 is 0 Å². The van der Waals surface area contributed by atoms with Crippen LogP contribution in [0.15, 0.2) is 24.3 Å². The van der Waals surface area contributed by atoms with Crippen LogP contribution in [0.25, 0.3) is 0 Å². The average molecular weight is 224 g/mol. The van der Waals surface area contributed by atoms with E-state index in [9.17, 15) is 9.18 Å². The fraction of sp³-hybridized carbons (Fsp3) is 0.417. The lowest BCUT2D eigenvalue weighted by molar-refractivity contribution is -0.120. The number of hydrogen-bond donors (Lipinski definition) is 2. The first kappa shape index (κ1) is 12.6. The van der Waals surface area contributed by atoms with Crippen LogP contribution < -0.4 is 11.1 Å². The maximum atomic E-state index is 12.7. The Morgan fingerprint density at radius 1 is 1.44 bits per heavy atom. The first-order valence-corrected chi connectivity index (χ1v) is 5.35. The van der Waals surface area contributed by atoms with Gasteiger partial charge in [0.05, 0.1) is 0 Å². The Bertz CT molecular complexity index is 351. The first-order chi connectivity index (χ1) is 7.54. The van der Waals surface area contributed by atoms with E-state index in [0.29, 0.717) is 5.56 Å². The summed E-state index contributed by atoms with van der Waals surface area (Å²) in [4.78, 5) is 11.3. The molecule has 1 aromatic rings. The zero-order valence-corrected chi connectivity index (χ0v) is 9.53. The molecule has 0 heterocycles. The molecule has 1 aromatic carbocycles. The molecule has 4 heteroatoms. The molecule has 88 valence electrons. The van der Waals surface area contributed by atoms with Crippen molar-refractivity contribution in [3.05, 3.63) is 35.6 Å². The molecule has 16 heavy (non-hydrogen) atoms. The van der Waals surface area contributed by atoms with Crippen molar-refractivity contribution in [3.8, 4) is 0 Å². The van der Waals surface area contributed by atoms with Crippen LogP contribution in [0.3, 0.4) is 0 Å². The minimum absolute atomic E-state index is 0.183. The predicted molar refractivity (Wildman–Crippen MR) is 61.2 cm³/mol. The van der Waals surface area contributed by atoms with Gasteiger partial charge in [-0.2, -0.15) is 0 Å². The number of nitrogens with one attached hydrogen (secondary N) is 1.